The number of hydrazine groups is 1. The number of nitrogens with one attached hydrogen (secondary N) is 2. The molecule has 0 aliphatic rings. The highest BCUT2D eigenvalue weighted by Gasteiger charge is 2.21. The molecule has 4 rings (SSSR count). The van der Waals surface area contributed by atoms with Crippen molar-refractivity contribution in [3.05, 3.63) is 95.7 Å². The van der Waals surface area contributed by atoms with Crippen molar-refractivity contribution in [1.82, 2.24) is 10.9 Å². The van der Waals surface area contributed by atoms with Crippen LogP contribution >= 0.6 is 0 Å². The van der Waals surface area contributed by atoms with Crippen molar-refractivity contribution in [2.75, 3.05) is 6.61 Å². The van der Waals surface area contributed by atoms with Crippen LogP contribution in [0.2, 0.25) is 0 Å². The molecule has 0 spiro atoms. The predicted molar refractivity (Wildman–Crippen MR) is 120 cm³/mol. The number of amides is 2. The number of carbonyl (C=O) groups is 2. The van der Waals surface area contributed by atoms with Gasteiger partial charge in [0.15, 0.2) is 0 Å². The van der Waals surface area contributed by atoms with Gasteiger partial charge < -0.3 is 13.9 Å². The molecule has 4 aromatic rings. The second-order valence-corrected chi connectivity index (χ2v) is 6.87. The molecule has 0 fully saturated rings. The molecule has 7 heteroatoms. The van der Waals surface area contributed by atoms with Gasteiger partial charge in [-0.1, -0.05) is 36.4 Å². The van der Waals surface area contributed by atoms with Gasteiger partial charge in [0, 0.05) is 16.5 Å². The van der Waals surface area contributed by atoms with Gasteiger partial charge >= 0.3 is 5.91 Å². The van der Waals surface area contributed by atoms with Gasteiger partial charge in [-0.25, -0.2) is 0 Å². The largest absolute Gasteiger partial charge is 0.494 e. The molecule has 1 heterocycles. The van der Waals surface area contributed by atoms with Crippen LogP contribution in [0.4, 0.5) is 0 Å². The van der Waals surface area contributed by atoms with Crippen LogP contribution in [0.3, 0.4) is 0 Å². The minimum absolute atomic E-state index is 0.0779. The van der Waals surface area contributed by atoms with Crippen molar-refractivity contribution in [3.63, 3.8) is 0 Å². The Morgan fingerprint density at radius 1 is 0.781 bits per heavy atom. The summed E-state index contributed by atoms with van der Waals surface area (Å²) in [6.45, 7) is 2.55. The van der Waals surface area contributed by atoms with Gasteiger partial charge in [0.05, 0.1) is 6.61 Å². The minimum atomic E-state index is -0.577. The first kappa shape index (κ1) is 21.0. The summed E-state index contributed by atoms with van der Waals surface area (Å²) in [5.74, 6) is 0.382. The summed E-state index contributed by atoms with van der Waals surface area (Å²) < 4.78 is 17.0. The molecule has 162 valence electrons. The van der Waals surface area contributed by atoms with E-state index < -0.39 is 11.8 Å². The number of para-hydroxylation sites is 2. The molecule has 0 saturated carbocycles. The zero-order valence-electron chi connectivity index (χ0n) is 17.5. The van der Waals surface area contributed by atoms with E-state index in [-0.39, 0.29) is 12.4 Å². The van der Waals surface area contributed by atoms with E-state index in [0.29, 0.717) is 34.8 Å². The van der Waals surface area contributed by atoms with E-state index in [1.165, 1.54) is 0 Å². The van der Waals surface area contributed by atoms with E-state index >= 15 is 0 Å². The molecule has 0 aliphatic carbocycles. The Morgan fingerprint density at radius 3 is 2.19 bits per heavy atom. The fraction of sp³-hybridized carbons (Fsp3) is 0.120. The smallest absolute Gasteiger partial charge is 0.305 e. The Kier molecular flexibility index (Phi) is 6.36. The number of ether oxygens (including phenoxy) is 2. The predicted octanol–water partition coefficient (Wildman–Crippen LogP) is 4.49. The van der Waals surface area contributed by atoms with Gasteiger partial charge in [0.1, 0.15) is 23.7 Å². The van der Waals surface area contributed by atoms with E-state index in [1.807, 2.05) is 55.5 Å². The highest BCUT2D eigenvalue weighted by Crippen LogP contribution is 2.27. The molecule has 2 N–H and O–H groups in total. The standard InChI is InChI=1S/C25H22N2O5/c1-2-30-19-14-12-17(13-15-19)24(28)26-27-25(29)23-21(16-31-18-8-4-3-5-9-18)20-10-6-7-11-22(20)32-23/h3-15H,2,16H2,1H3,(H,26,28)(H,27,29). The number of hydrogen-bond donors (Lipinski definition) is 2. The van der Waals surface area contributed by atoms with Crippen molar-refractivity contribution >= 4 is 22.8 Å². The highest BCUT2D eigenvalue weighted by atomic mass is 16.5. The Morgan fingerprint density at radius 2 is 1.44 bits per heavy atom. The molecule has 0 atom stereocenters. The average molecular weight is 430 g/mol. The van der Waals surface area contributed by atoms with Crippen LogP contribution in [0.5, 0.6) is 11.5 Å². The monoisotopic (exact) mass is 430 g/mol. The number of rotatable bonds is 7. The number of furan rings is 1. The van der Waals surface area contributed by atoms with E-state index in [2.05, 4.69) is 10.9 Å². The fourth-order valence-corrected chi connectivity index (χ4v) is 3.21. The Balaban J connectivity index is 1.48. The number of benzene rings is 3. The maximum absolute atomic E-state index is 12.8. The van der Waals surface area contributed by atoms with Gasteiger partial charge in [0.2, 0.25) is 5.76 Å². The van der Waals surface area contributed by atoms with Crippen LogP contribution in [0, 0.1) is 0 Å². The summed E-state index contributed by atoms with van der Waals surface area (Å²) >= 11 is 0. The zero-order valence-corrected chi connectivity index (χ0v) is 17.5. The molecule has 32 heavy (non-hydrogen) atoms. The van der Waals surface area contributed by atoms with Gasteiger partial charge in [-0.15, -0.1) is 0 Å². The van der Waals surface area contributed by atoms with Gasteiger partial charge in [-0.3, -0.25) is 20.4 Å². The molecule has 0 unspecified atom stereocenters. The van der Waals surface area contributed by atoms with Crippen LogP contribution in [-0.4, -0.2) is 18.4 Å². The Hall–Kier alpha value is -4.26. The topological polar surface area (TPSA) is 89.8 Å². The van der Waals surface area contributed by atoms with Crippen LogP contribution < -0.4 is 20.3 Å². The van der Waals surface area contributed by atoms with Crippen molar-refractivity contribution in [2.45, 2.75) is 13.5 Å². The fourth-order valence-electron chi connectivity index (χ4n) is 3.21. The molecular weight excluding hydrogens is 408 g/mol. The van der Waals surface area contributed by atoms with Gasteiger partial charge in [-0.2, -0.15) is 0 Å². The third kappa shape index (κ3) is 4.73. The summed E-state index contributed by atoms with van der Waals surface area (Å²) in [6, 6.07) is 23.2. The van der Waals surface area contributed by atoms with E-state index in [0.717, 1.165) is 5.39 Å². The highest BCUT2D eigenvalue weighted by molar-refractivity contribution is 6.01. The van der Waals surface area contributed by atoms with E-state index in [4.69, 9.17) is 13.9 Å². The van der Waals surface area contributed by atoms with Crippen molar-refractivity contribution in [2.24, 2.45) is 0 Å². The van der Waals surface area contributed by atoms with Gasteiger partial charge in [0.25, 0.3) is 5.91 Å². The molecule has 7 nitrogen and oxygen atoms in total. The lowest BCUT2D eigenvalue weighted by Crippen LogP contribution is -2.41. The SMILES string of the molecule is CCOc1ccc(C(=O)NNC(=O)c2oc3ccccc3c2COc2ccccc2)cc1. The molecule has 3 aromatic carbocycles. The maximum atomic E-state index is 12.8. The number of carbonyl (C=O) groups excluding carboxylic acids is 2. The molecule has 1 aromatic heterocycles. The maximum Gasteiger partial charge on any atom is 0.305 e. The first-order valence-electron chi connectivity index (χ1n) is 10.2. The normalized spacial score (nSPS) is 10.5. The van der Waals surface area contributed by atoms with E-state index in [1.54, 1.807) is 30.3 Å². The van der Waals surface area contributed by atoms with Crippen LogP contribution in [0.15, 0.2) is 83.3 Å². The lowest BCUT2D eigenvalue weighted by molar-refractivity contribution is 0.0830. The lowest BCUT2D eigenvalue weighted by atomic mass is 10.1. The van der Waals surface area contributed by atoms with Crippen molar-refractivity contribution in [1.29, 1.82) is 0 Å². The first-order valence-corrected chi connectivity index (χ1v) is 10.2. The summed E-state index contributed by atoms with van der Waals surface area (Å²) in [6.07, 6.45) is 0. The third-order valence-electron chi connectivity index (χ3n) is 4.75. The van der Waals surface area contributed by atoms with Crippen LogP contribution in [-0.2, 0) is 6.61 Å². The third-order valence-corrected chi connectivity index (χ3v) is 4.75. The molecule has 0 bridgehead atoms. The summed E-state index contributed by atoms with van der Waals surface area (Å²) in [7, 11) is 0. The van der Waals surface area contributed by atoms with Crippen LogP contribution in [0.25, 0.3) is 11.0 Å². The summed E-state index contributed by atoms with van der Waals surface area (Å²) in [5, 5.41) is 0.770. The molecule has 0 radical (unpaired) electrons. The zero-order chi connectivity index (χ0) is 22.3. The average Bonchev–Trinajstić information content (AvgIpc) is 3.21. The van der Waals surface area contributed by atoms with E-state index in [9.17, 15) is 9.59 Å². The summed E-state index contributed by atoms with van der Waals surface area (Å²) in [5.41, 5.74) is 6.36. The second-order valence-electron chi connectivity index (χ2n) is 6.87. The molecular formula is C25H22N2O5. The lowest BCUT2D eigenvalue weighted by Gasteiger charge is -2.09. The quantitative estimate of drug-likeness (QED) is 0.422. The Bertz CT molecular complexity index is 1220. The van der Waals surface area contributed by atoms with Gasteiger partial charge in [-0.05, 0) is 49.4 Å². The number of hydrogen-bond acceptors (Lipinski definition) is 5. The molecule has 2 amide bonds. The first-order chi connectivity index (χ1) is 15.7. The van der Waals surface area contributed by atoms with Crippen molar-refractivity contribution in [3.8, 4) is 11.5 Å². The summed E-state index contributed by atoms with van der Waals surface area (Å²) in [4.78, 5) is 25.2. The number of fused-ring (bicyclic) bond motifs is 1. The molecule has 0 aliphatic heterocycles. The minimum Gasteiger partial charge on any atom is -0.494 e. The molecule has 0 saturated heterocycles. The van der Waals surface area contributed by atoms with Crippen molar-refractivity contribution < 1.29 is 23.5 Å². The second kappa shape index (κ2) is 9.70. The Labute approximate surface area is 184 Å². The van der Waals surface area contributed by atoms with Crippen LogP contribution in [0.1, 0.15) is 33.4 Å².